The second kappa shape index (κ2) is 10.2. The summed E-state index contributed by atoms with van der Waals surface area (Å²) >= 11 is 0. The summed E-state index contributed by atoms with van der Waals surface area (Å²) in [5.74, 6) is 0. The van der Waals surface area contributed by atoms with Gasteiger partial charge in [0.2, 0.25) is 0 Å². The number of benzene rings is 1. The number of aliphatic hydroxyl groups excluding tert-OH is 1. The Morgan fingerprint density at radius 2 is 2.05 bits per heavy atom. The highest BCUT2D eigenvalue weighted by atomic mass is 16.6. The van der Waals surface area contributed by atoms with Crippen molar-refractivity contribution in [2.75, 3.05) is 33.0 Å². The Morgan fingerprint density at radius 1 is 1.33 bits per heavy atom. The van der Waals surface area contributed by atoms with Crippen LogP contribution in [0.4, 0.5) is 5.69 Å². The Labute approximate surface area is 124 Å². The van der Waals surface area contributed by atoms with Gasteiger partial charge in [0.1, 0.15) is 0 Å². The van der Waals surface area contributed by atoms with E-state index >= 15 is 0 Å². The first-order chi connectivity index (χ1) is 10.1. The smallest absolute Gasteiger partial charge is 0.273 e. The van der Waals surface area contributed by atoms with Crippen LogP contribution in [-0.2, 0) is 16.0 Å². The van der Waals surface area contributed by atoms with Crippen LogP contribution in [0.1, 0.15) is 12.5 Å². The molecule has 1 rings (SSSR count). The fourth-order valence-corrected chi connectivity index (χ4v) is 1.75. The Morgan fingerprint density at radius 3 is 2.76 bits per heavy atom. The maximum absolute atomic E-state index is 10.8. The summed E-state index contributed by atoms with van der Waals surface area (Å²) in [6.07, 6.45) is -0.658. The van der Waals surface area contributed by atoms with Crippen molar-refractivity contribution < 1.29 is 19.5 Å². The third-order valence-corrected chi connectivity index (χ3v) is 2.77. The summed E-state index contributed by atoms with van der Waals surface area (Å²) in [7, 11) is 0. The molecular weight excluding hydrogens is 276 g/mol. The molecule has 21 heavy (non-hydrogen) atoms. The molecule has 7 nitrogen and oxygen atoms in total. The molecule has 7 heteroatoms. The van der Waals surface area contributed by atoms with Crippen molar-refractivity contribution in [3.63, 3.8) is 0 Å². The third-order valence-electron chi connectivity index (χ3n) is 2.77. The zero-order chi connectivity index (χ0) is 15.5. The molecule has 1 aromatic carbocycles. The molecule has 0 saturated carbocycles. The lowest BCUT2D eigenvalue weighted by Crippen LogP contribution is -2.30. The van der Waals surface area contributed by atoms with E-state index in [1.54, 1.807) is 18.2 Å². The summed E-state index contributed by atoms with van der Waals surface area (Å²) in [5, 5.41) is 23.5. The number of nitro benzene ring substituents is 1. The van der Waals surface area contributed by atoms with Gasteiger partial charge in [-0.15, -0.1) is 0 Å². The van der Waals surface area contributed by atoms with Gasteiger partial charge in [-0.2, -0.15) is 0 Å². The van der Waals surface area contributed by atoms with Gasteiger partial charge in [0.25, 0.3) is 5.69 Å². The highest BCUT2D eigenvalue weighted by Crippen LogP contribution is 2.16. The first kappa shape index (κ1) is 17.5. The number of aliphatic hydroxyl groups is 1. The molecule has 0 fully saturated rings. The van der Waals surface area contributed by atoms with E-state index in [1.807, 2.05) is 6.92 Å². The standard InChI is InChI=1S/C14H22N2O5/c1-2-20-7-8-21-11-13(17)10-15-9-12-5-3-4-6-14(12)16(18)19/h3-6,13,15,17H,2,7-11H2,1H3. The molecule has 0 saturated heterocycles. The highest BCUT2D eigenvalue weighted by Gasteiger charge is 2.12. The zero-order valence-electron chi connectivity index (χ0n) is 12.2. The predicted octanol–water partition coefficient (Wildman–Crippen LogP) is 1.10. The average molecular weight is 298 g/mol. The molecule has 1 atom stereocenters. The third kappa shape index (κ3) is 7.14. The second-order valence-corrected chi connectivity index (χ2v) is 4.44. The Kier molecular flexibility index (Phi) is 8.53. The van der Waals surface area contributed by atoms with E-state index in [2.05, 4.69) is 5.32 Å². The van der Waals surface area contributed by atoms with Crippen molar-refractivity contribution in [2.45, 2.75) is 19.6 Å². The molecule has 0 spiro atoms. The minimum absolute atomic E-state index is 0.0763. The first-order valence-corrected chi connectivity index (χ1v) is 6.91. The van der Waals surface area contributed by atoms with Crippen molar-refractivity contribution in [2.24, 2.45) is 0 Å². The minimum atomic E-state index is -0.658. The maximum Gasteiger partial charge on any atom is 0.273 e. The van der Waals surface area contributed by atoms with Gasteiger partial charge in [0.15, 0.2) is 0 Å². The van der Waals surface area contributed by atoms with Crippen LogP contribution in [0.15, 0.2) is 24.3 Å². The lowest BCUT2D eigenvalue weighted by Gasteiger charge is -2.12. The monoisotopic (exact) mass is 298 g/mol. The molecule has 2 N–H and O–H groups in total. The molecule has 0 aliphatic heterocycles. The molecule has 0 bridgehead atoms. The van der Waals surface area contributed by atoms with Crippen molar-refractivity contribution in [3.05, 3.63) is 39.9 Å². The molecule has 0 aliphatic rings. The summed E-state index contributed by atoms with van der Waals surface area (Å²) in [6.45, 7) is 4.33. The SMILES string of the molecule is CCOCCOCC(O)CNCc1ccccc1[N+](=O)[O-]. The van der Waals surface area contributed by atoms with Crippen LogP contribution >= 0.6 is 0 Å². The second-order valence-electron chi connectivity index (χ2n) is 4.44. The predicted molar refractivity (Wildman–Crippen MR) is 78.1 cm³/mol. The van der Waals surface area contributed by atoms with Gasteiger partial charge in [-0.25, -0.2) is 0 Å². The van der Waals surface area contributed by atoms with Gasteiger partial charge in [0, 0.05) is 31.3 Å². The van der Waals surface area contributed by atoms with Gasteiger partial charge in [-0.1, -0.05) is 18.2 Å². The quantitative estimate of drug-likeness (QED) is 0.361. The molecule has 0 aliphatic carbocycles. The van der Waals surface area contributed by atoms with E-state index in [4.69, 9.17) is 9.47 Å². The number of nitrogens with zero attached hydrogens (tertiary/aromatic N) is 1. The molecule has 0 heterocycles. The van der Waals surface area contributed by atoms with E-state index in [1.165, 1.54) is 6.07 Å². The van der Waals surface area contributed by atoms with E-state index in [9.17, 15) is 15.2 Å². The van der Waals surface area contributed by atoms with Gasteiger partial charge >= 0.3 is 0 Å². The van der Waals surface area contributed by atoms with Crippen LogP contribution in [0, 0.1) is 10.1 Å². The lowest BCUT2D eigenvalue weighted by molar-refractivity contribution is -0.385. The molecular formula is C14H22N2O5. The first-order valence-electron chi connectivity index (χ1n) is 6.91. The maximum atomic E-state index is 10.8. The van der Waals surface area contributed by atoms with Gasteiger partial charge in [0.05, 0.1) is 30.8 Å². The number of nitro groups is 1. The Hall–Kier alpha value is -1.54. The lowest BCUT2D eigenvalue weighted by atomic mass is 10.2. The van der Waals surface area contributed by atoms with E-state index in [0.29, 0.717) is 38.5 Å². The van der Waals surface area contributed by atoms with E-state index < -0.39 is 11.0 Å². The van der Waals surface area contributed by atoms with E-state index in [0.717, 1.165) is 0 Å². The fraction of sp³-hybridized carbons (Fsp3) is 0.571. The molecule has 0 radical (unpaired) electrons. The Balaban J connectivity index is 2.22. The fourth-order valence-electron chi connectivity index (χ4n) is 1.75. The Bertz CT molecular complexity index is 428. The van der Waals surface area contributed by atoms with Crippen molar-refractivity contribution in [1.29, 1.82) is 0 Å². The van der Waals surface area contributed by atoms with Crippen LogP contribution in [-0.4, -0.2) is 49.1 Å². The summed E-state index contributed by atoms with van der Waals surface area (Å²) in [4.78, 5) is 10.4. The number of rotatable bonds is 11. The van der Waals surface area contributed by atoms with Crippen LogP contribution in [0.2, 0.25) is 0 Å². The van der Waals surface area contributed by atoms with E-state index in [-0.39, 0.29) is 12.3 Å². The normalized spacial score (nSPS) is 12.3. The molecule has 1 aromatic rings. The summed E-state index contributed by atoms with van der Waals surface area (Å²) in [6, 6.07) is 6.53. The van der Waals surface area contributed by atoms with Crippen molar-refractivity contribution >= 4 is 5.69 Å². The van der Waals surface area contributed by atoms with Gasteiger partial charge in [-0.05, 0) is 6.92 Å². The number of hydrogen-bond donors (Lipinski definition) is 2. The number of ether oxygens (including phenoxy) is 2. The zero-order valence-corrected chi connectivity index (χ0v) is 12.2. The highest BCUT2D eigenvalue weighted by molar-refractivity contribution is 5.39. The van der Waals surface area contributed by atoms with Gasteiger partial charge in [-0.3, -0.25) is 10.1 Å². The number of hydrogen-bond acceptors (Lipinski definition) is 6. The van der Waals surface area contributed by atoms with Crippen LogP contribution in [0.5, 0.6) is 0 Å². The van der Waals surface area contributed by atoms with Gasteiger partial charge < -0.3 is 19.9 Å². The molecule has 0 amide bonds. The van der Waals surface area contributed by atoms with Crippen LogP contribution in [0.25, 0.3) is 0 Å². The molecule has 0 aromatic heterocycles. The van der Waals surface area contributed by atoms with Crippen molar-refractivity contribution in [1.82, 2.24) is 5.32 Å². The largest absolute Gasteiger partial charge is 0.389 e. The number of para-hydroxylation sites is 1. The molecule has 118 valence electrons. The average Bonchev–Trinajstić information content (AvgIpc) is 2.47. The summed E-state index contributed by atoms with van der Waals surface area (Å²) < 4.78 is 10.3. The summed E-state index contributed by atoms with van der Waals surface area (Å²) in [5.41, 5.74) is 0.666. The van der Waals surface area contributed by atoms with Crippen molar-refractivity contribution in [3.8, 4) is 0 Å². The van der Waals surface area contributed by atoms with Crippen LogP contribution < -0.4 is 5.32 Å². The molecule has 1 unspecified atom stereocenters. The minimum Gasteiger partial charge on any atom is -0.389 e. The topological polar surface area (TPSA) is 93.9 Å². The van der Waals surface area contributed by atoms with Crippen LogP contribution in [0.3, 0.4) is 0 Å². The number of nitrogens with one attached hydrogen (secondary N) is 1.